The van der Waals surface area contributed by atoms with Crippen LogP contribution < -0.4 is 4.74 Å². The van der Waals surface area contributed by atoms with Crippen molar-refractivity contribution in [2.24, 2.45) is 0 Å². The number of halogens is 1. The summed E-state index contributed by atoms with van der Waals surface area (Å²) in [5.74, 6) is 0.835. The van der Waals surface area contributed by atoms with Crippen molar-refractivity contribution in [1.29, 1.82) is 0 Å². The molecule has 0 N–H and O–H groups in total. The number of ether oxygens (including phenoxy) is 1. The molecule has 17 heavy (non-hydrogen) atoms. The van der Waals surface area contributed by atoms with E-state index in [4.69, 9.17) is 4.74 Å². The zero-order valence-electron chi connectivity index (χ0n) is 8.41. The highest BCUT2D eigenvalue weighted by atomic mass is 79.9. The standard InChI is InChI=1S/C10H6BrN3O3/c11-9-5-10(13-6-12-9)17-8-3-1-7(2-4-8)14(15)16/h1-6H. The van der Waals surface area contributed by atoms with E-state index in [0.717, 1.165) is 0 Å². The first-order valence-electron chi connectivity index (χ1n) is 4.55. The van der Waals surface area contributed by atoms with Crippen LogP contribution in [0.4, 0.5) is 5.69 Å². The number of nitrogens with zero attached hydrogens (tertiary/aromatic N) is 3. The molecule has 7 heteroatoms. The van der Waals surface area contributed by atoms with Gasteiger partial charge in [0.1, 0.15) is 16.7 Å². The molecule has 0 unspecified atom stereocenters. The number of hydrogen-bond acceptors (Lipinski definition) is 5. The van der Waals surface area contributed by atoms with Gasteiger partial charge in [-0.2, -0.15) is 0 Å². The summed E-state index contributed by atoms with van der Waals surface area (Å²) in [6, 6.07) is 7.35. The molecule has 0 aliphatic carbocycles. The first-order chi connectivity index (χ1) is 8.15. The van der Waals surface area contributed by atoms with E-state index in [1.165, 1.54) is 30.6 Å². The maximum absolute atomic E-state index is 10.5. The summed E-state index contributed by atoms with van der Waals surface area (Å²) in [5.41, 5.74) is 0.0150. The Morgan fingerprint density at radius 1 is 1.24 bits per heavy atom. The average molecular weight is 296 g/mol. The summed E-state index contributed by atoms with van der Waals surface area (Å²) in [6.45, 7) is 0. The number of hydrogen-bond donors (Lipinski definition) is 0. The molecule has 0 fully saturated rings. The van der Waals surface area contributed by atoms with Crippen LogP contribution in [-0.4, -0.2) is 14.9 Å². The summed E-state index contributed by atoms with van der Waals surface area (Å²) in [4.78, 5) is 17.7. The van der Waals surface area contributed by atoms with E-state index in [1.54, 1.807) is 6.07 Å². The molecule has 6 nitrogen and oxygen atoms in total. The van der Waals surface area contributed by atoms with Crippen molar-refractivity contribution in [2.75, 3.05) is 0 Å². The minimum absolute atomic E-state index is 0.0150. The topological polar surface area (TPSA) is 78.2 Å². The van der Waals surface area contributed by atoms with E-state index in [0.29, 0.717) is 16.2 Å². The highest BCUT2D eigenvalue weighted by Gasteiger charge is 2.05. The zero-order chi connectivity index (χ0) is 12.3. The molecule has 0 aliphatic heterocycles. The molecule has 1 heterocycles. The van der Waals surface area contributed by atoms with Crippen molar-refractivity contribution in [3.63, 3.8) is 0 Å². The summed E-state index contributed by atoms with van der Waals surface area (Å²) in [5, 5.41) is 10.5. The van der Waals surface area contributed by atoms with Gasteiger partial charge in [0.25, 0.3) is 5.69 Å². The van der Waals surface area contributed by atoms with Crippen LogP contribution in [0.5, 0.6) is 11.6 Å². The largest absolute Gasteiger partial charge is 0.439 e. The molecule has 2 aromatic rings. The van der Waals surface area contributed by atoms with E-state index in [9.17, 15) is 10.1 Å². The fraction of sp³-hybridized carbons (Fsp3) is 0. The predicted octanol–water partition coefficient (Wildman–Crippen LogP) is 2.94. The maximum Gasteiger partial charge on any atom is 0.269 e. The van der Waals surface area contributed by atoms with Crippen molar-refractivity contribution in [3.8, 4) is 11.6 Å². The van der Waals surface area contributed by atoms with Gasteiger partial charge in [0.2, 0.25) is 5.88 Å². The number of non-ortho nitro benzene ring substituents is 1. The summed E-state index contributed by atoms with van der Waals surface area (Å²) < 4.78 is 5.99. The molecule has 0 bridgehead atoms. The van der Waals surface area contributed by atoms with Crippen LogP contribution in [0.2, 0.25) is 0 Å². The normalized spacial score (nSPS) is 9.94. The Morgan fingerprint density at radius 3 is 2.53 bits per heavy atom. The second-order valence-corrected chi connectivity index (χ2v) is 3.84. The number of benzene rings is 1. The lowest BCUT2D eigenvalue weighted by Crippen LogP contribution is -1.90. The van der Waals surface area contributed by atoms with Gasteiger partial charge in [-0.05, 0) is 28.1 Å². The molecule has 1 aromatic heterocycles. The molecule has 0 atom stereocenters. The Kier molecular flexibility index (Phi) is 3.29. The van der Waals surface area contributed by atoms with Crippen LogP contribution in [0.3, 0.4) is 0 Å². The third-order valence-corrected chi connectivity index (χ3v) is 2.31. The monoisotopic (exact) mass is 295 g/mol. The molecule has 0 amide bonds. The molecule has 0 aliphatic rings. The summed E-state index contributed by atoms with van der Waals surface area (Å²) in [7, 11) is 0. The van der Waals surface area contributed by atoms with Crippen LogP contribution in [0.1, 0.15) is 0 Å². The Labute approximate surface area is 105 Å². The smallest absolute Gasteiger partial charge is 0.269 e. The summed E-state index contributed by atoms with van der Waals surface area (Å²) in [6.07, 6.45) is 1.35. The van der Waals surface area contributed by atoms with Gasteiger partial charge in [0, 0.05) is 18.2 Å². The minimum atomic E-state index is -0.467. The molecular formula is C10H6BrN3O3. The van der Waals surface area contributed by atoms with Crippen LogP contribution in [0, 0.1) is 10.1 Å². The Hall–Kier alpha value is -2.02. The van der Waals surface area contributed by atoms with Crippen LogP contribution >= 0.6 is 15.9 Å². The molecular weight excluding hydrogens is 290 g/mol. The van der Waals surface area contributed by atoms with Gasteiger partial charge in [-0.1, -0.05) is 0 Å². The third kappa shape index (κ3) is 2.97. The van der Waals surface area contributed by atoms with Gasteiger partial charge in [-0.15, -0.1) is 0 Å². The maximum atomic E-state index is 10.5. The lowest BCUT2D eigenvalue weighted by atomic mass is 10.3. The minimum Gasteiger partial charge on any atom is -0.439 e. The van der Waals surface area contributed by atoms with E-state index in [-0.39, 0.29) is 5.69 Å². The molecule has 2 rings (SSSR count). The van der Waals surface area contributed by atoms with Crippen molar-refractivity contribution in [2.45, 2.75) is 0 Å². The highest BCUT2D eigenvalue weighted by Crippen LogP contribution is 2.23. The number of nitro groups is 1. The number of nitro benzene ring substituents is 1. The van der Waals surface area contributed by atoms with Crippen LogP contribution in [0.15, 0.2) is 41.3 Å². The fourth-order valence-electron chi connectivity index (χ4n) is 1.13. The highest BCUT2D eigenvalue weighted by molar-refractivity contribution is 9.10. The molecule has 0 spiro atoms. The first-order valence-corrected chi connectivity index (χ1v) is 5.34. The van der Waals surface area contributed by atoms with Gasteiger partial charge >= 0.3 is 0 Å². The molecule has 86 valence electrons. The van der Waals surface area contributed by atoms with Crippen LogP contribution in [0.25, 0.3) is 0 Å². The lowest BCUT2D eigenvalue weighted by Gasteiger charge is -2.03. The molecule has 0 saturated carbocycles. The van der Waals surface area contributed by atoms with Crippen molar-refractivity contribution in [3.05, 3.63) is 51.4 Å². The van der Waals surface area contributed by atoms with Gasteiger partial charge in [-0.3, -0.25) is 10.1 Å². The zero-order valence-corrected chi connectivity index (χ0v) is 9.99. The Balaban J connectivity index is 2.16. The second kappa shape index (κ2) is 4.88. The van der Waals surface area contributed by atoms with Crippen molar-refractivity contribution < 1.29 is 9.66 Å². The van der Waals surface area contributed by atoms with Gasteiger partial charge in [0.05, 0.1) is 4.92 Å². The molecule has 0 saturated heterocycles. The van der Waals surface area contributed by atoms with Crippen LogP contribution in [-0.2, 0) is 0 Å². The second-order valence-electron chi connectivity index (χ2n) is 3.03. The van der Waals surface area contributed by atoms with Crippen molar-refractivity contribution >= 4 is 21.6 Å². The molecule has 1 aromatic carbocycles. The van der Waals surface area contributed by atoms with E-state index in [1.807, 2.05) is 0 Å². The fourth-order valence-corrected chi connectivity index (χ4v) is 1.42. The van der Waals surface area contributed by atoms with Gasteiger partial charge in [-0.25, -0.2) is 9.97 Å². The molecule has 0 radical (unpaired) electrons. The Morgan fingerprint density at radius 2 is 1.94 bits per heavy atom. The lowest BCUT2D eigenvalue weighted by molar-refractivity contribution is -0.384. The van der Waals surface area contributed by atoms with E-state index >= 15 is 0 Å². The van der Waals surface area contributed by atoms with E-state index in [2.05, 4.69) is 25.9 Å². The van der Waals surface area contributed by atoms with Crippen molar-refractivity contribution in [1.82, 2.24) is 9.97 Å². The number of aromatic nitrogens is 2. The van der Waals surface area contributed by atoms with Gasteiger partial charge < -0.3 is 4.74 Å². The first kappa shape index (κ1) is 11.5. The summed E-state index contributed by atoms with van der Waals surface area (Å²) >= 11 is 3.19. The average Bonchev–Trinajstić information content (AvgIpc) is 2.29. The third-order valence-electron chi connectivity index (χ3n) is 1.88. The van der Waals surface area contributed by atoms with Gasteiger partial charge in [0.15, 0.2) is 0 Å². The Bertz CT molecular complexity index is 545. The quantitative estimate of drug-likeness (QED) is 0.494. The number of rotatable bonds is 3. The predicted molar refractivity (Wildman–Crippen MR) is 62.9 cm³/mol. The SMILES string of the molecule is O=[N+]([O-])c1ccc(Oc2cc(Br)ncn2)cc1. The van der Waals surface area contributed by atoms with E-state index < -0.39 is 4.92 Å².